The standard InChI is InChI=1S/C17H16N8O3S2.HIO/c1-9-4-10(6-21-13(9)5-18)12-2-3-14(30(27,28)11-7-20-8-11)16(29(19)26)15(12)17-22-24-25-23-17;1-2/h2-4,6,11,20H,7-8,19H2,1H3,(H,22,23,24,25);2H. The Morgan fingerprint density at radius 3 is 2.56 bits per heavy atom. The maximum atomic E-state index is 13.1. The molecule has 1 aromatic carbocycles. The van der Waals surface area contributed by atoms with Gasteiger partial charge < -0.3 is 8.75 Å². The Morgan fingerprint density at radius 1 is 1.34 bits per heavy atom. The van der Waals surface area contributed by atoms with Crippen molar-refractivity contribution in [2.24, 2.45) is 5.14 Å². The second kappa shape index (κ2) is 10.1. The lowest BCUT2D eigenvalue weighted by Gasteiger charge is -2.28. The van der Waals surface area contributed by atoms with E-state index in [1.54, 1.807) is 19.1 Å². The van der Waals surface area contributed by atoms with Gasteiger partial charge in [-0.15, -0.1) is 10.2 Å². The number of halogens is 1. The molecule has 0 aliphatic carbocycles. The van der Waals surface area contributed by atoms with Gasteiger partial charge in [0.15, 0.2) is 9.84 Å². The van der Waals surface area contributed by atoms with Crippen LogP contribution in [0.4, 0.5) is 0 Å². The van der Waals surface area contributed by atoms with Gasteiger partial charge in [-0.25, -0.2) is 22.7 Å². The maximum Gasteiger partial charge on any atom is 0.206 e. The molecule has 1 unspecified atom stereocenters. The predicted octanol–water partition coefficient (Wildman–Crippen LogP) is 0.164. The third-order valence-corrected chi connectivity index (χ3v) is 8.00. The van der Waals surface area contributed by atoms with Crippen molar-refractivity contribution in [3.05, 3.63) is 35.7 Å². The minimum atomic E-state index is -3.79. The molecule has 0 radical (unpaired) electrons. The number of pyridine rings is 1. The molecule has 5 N–H and O–H groups in total. The predicted molar refractivity (Wildman–Crippen MR) is 123 cm³/mol. The molecule has 12 nitrogen and oxygen atoms in total. The number of benzene rings is 1. The van der Waals surface area contributed by atoms with Gasteiger partial charge in [0.05, 0.1) is 15.0 Å². The SMILES string of the molecule is Cc1cc(-c2ccc(S(=O)(=O)C3CNC3)c(S(N)=O)c2-c2nn[nH]n2)cnc1C#N.OI. The van der Waals surface area contributed by atoms with E-state index < -0.39 is 26.1 Å². The molecular weight excluding hydrogens is 571 g/mol. The first kappa shape index (κ1) is 24.3. The van der Waals surface area contributed by atoms with Crippen LogP contribution in [0.15, 0.2) is 34.2 Å². The van der Waals surface area contributed by atoms with E-state index in [1.165, 1.54) is 12.3 Å². The number of nitrogens with one attached hydrogen (secondary N) is 2. The largest absolute Gasteiger partial charge is 0.331 e. The van der Waals surface area contributed by atoms with Crippen molar-refractivity contribution in [1.82, 2.24) is 30.9 Å². The van der Waals surface area contributed by atoms with Crippen LogP contribution >= 0.6 is 23.0 Å². The van der Waals surface area contributed by atoms with Crippen molar-refractivity contribution >= 4 is 43.8 Å². The number of nitrogens with two attached hydrogens (primary N) is 1. The Hall–Kier alpha value is -2.36. The minimum Gasteiger partial charge on any atom is -0.331 e. The van der Waals surface area contributed by atoms with E-state index in [1.807, 2.05) is 6.07 Å². The molecule has 0 spiro atoms. The molecule has 1 aliphatic rings. The molecule has 3 heterocycles. The monoisotopic (exact) mass is 588 g/mol. The summed E-state index contributed by atoms with van der Waals surface area (Å²) in [6, 6.07) is 6.68. The van der Waals surface area contributed by atoms with E-state index in [9.17, 15) is 12.6 Å². The normalized spacial score (nSPS) is 14.6. The number of hydrogen-bond donors (Lipinski definition) is 4. The molecule has 15 heteroatoms. The summed E-state index contributed by atoms with van der Waals surface area (Å²) < 4.78 is 45.8. The highest BCUT2D eigenvalue weighted by Gasteiger charge is 2.37. The third kappa shape index (κ3) is 4.42. The van der Waals surface area contributed by atoms with Crippen molar-refractivity contribution < 1.29 is 16.1 Å². The fourth-order valence-corrected chi connectivity index (χ4v) is 6.13. The molecule has 1 saturated heterocycles. The van der Waals surface area contributed by atoms with Gasteiger partial charge >= 0.3 is 0 Å². The van der Waals surface area contributed by atoms with Crippen LogP contribution in [0.5, 0.6) is 0 Å². The molecule has 32 heavy (non-hydrogen) atoms. The topological polar surface area (TPSA) is 201 Å². The number of aromatic nitrogens is 5. The van der Waals surface area contributed by atoms with Gasteiger partial charge in [-0.3, -0.25) is 0 Å². The lowest BCUT2D eigenvalue weighted by molar-refractivity contribution is 0.494. The van der Waals surface area contributed by atoms with E-state index in [0.29, 0.717) is 29.8 Å². The van der Waals surface area contributed by atoms with Crippen LogP contribution in [0.2, 0.25) is 0 Å². The van der Waals surface area contributed by atoms with Crippen molar-refractivity contribution in [3.63, 3.8) is 0 Å². The highest BCUT2D eigenvalue weighted by Crippen LogP contribution is 2.39. The zero-order valence-corrected chi connectivity index (χ0v) is 20.3. The average molecular weight is 588 g/mol. The van der Waals surface area contributed by atoms with Crippen molar-refractivity contribution in [1.29, 1.82) is 5.26 Å². The number of hydrogen-bond acceptors (Lipinski definition) is 10. The molecule has 1 atom stereocenters. The van der Waals surface area contributed by atoms with Crippen molar-refractivity contribution in [2.45, 2.75) is 22.0 Å². The minimum absolute atomic E-state index is 0.0459. The lowest BCUT2D eigenvalue weighted by atomic mass is 9.99. The average Bonchev–Trinajstić information content (AvgIpc) is 3.27. The lowest BCUT2D eigenvalue weighted by Crippen LogP contribution is -2.51. The van der Waals surface area contributed by atoms with Crippen LogP contribution in [0.25, 0.3) is 22.5 Å². The summed E-state index contributed by atoms with van der Waals surface area (Å²) in [4.78, 5) is 3.91. The van der Waals surface area contributed by atoms with Crippen LogP contribution in [-0.2, 0) is 20.8 Å². The summed E-state index contributed by atoms with van der Waals surface area (Å²) in [5.74, 6) is 0.0459. The number of sulfone groups is 1. The van der Waals surface area contributed by atoms with E-state index in [2.05, 4.69) is 30.9 Å². The molecule has 3 aromatic rings. The van der Waals surface area contributed by atoms with E-state index in [4.69, 9.17) is 13.8 Å². The number of H-pyrrole nitrogens is 1. The molecular formula is C17H17IN8O4S2. The smallest absolute Gasteiger partial charge is 0.206 e. The van der Waals surface area contributed by atoms with Gasteiger partial charge in [-0.05, 0) is 35.4 Å². The van der Waals surface area contributed by atoms with E-state index >= 15 is 0 Å². The zero-order chi connectivity index (χ0) is 23.5. The van der Waals surface area contributed by atoms with E-state index in [0.717, 1.165) is 23.0 Å². The van der Waals surface area contributed by atoms with Crippen LogP contribution in [0, 0.1) is 18.3 Å². The highest BCUT2D eigenvalue weighted by molar-refractivity contribution is 14.1. The molecule has 1 aliphatic heterocycles. The zero-order valence-electron chi connectivity index (χ0n) is 16.5. The molecule has 0 bridgehead atoms. The first-order chi connectivity index (χ1) is 15.3. The second-order valence-electron chi connectivity index (χ2n) is 6.67. The van der Waals surface area contributed by atoms with Gasteiger partial charge in [0.1, 0.15) is 45.8 Å². The number of nitriles is 1. The first-order valence-electron chi connectivity index (χ1n) is 8.90. The Bertz CT molecular complexity index is 1300. The molecule has 168 valence electrons. The van der Waals surface area contributed by atoms with Crippen LogP contribution < -0.4 is 10.5 Å². The van der Waals surface area contributed by atoms with Gasteiger partial charge in [-0.1, -0.05) is 6.07 Å². The Morgan fingerprint density at radius 2 is 2.06 bits per heavy atom. The van der Waals surface area contributed by atoms with Gasteiger partial charge in [-0.2, -0.15) is 10.5 Å². The third-order valence-electron chi connectivity index (χ3n) is 4.88. The Kier molecular flexibility index (Phi) is 7.63. The molecule has 0 amide bonds. The van der Waals surface area contributed by atoms with Gasteiger partial charge in [0, 0.05) is 30.4 Å². The Balaban J connectivity index is 0.00000141. The fraction of sp³-hybridized carbons (Fsp3) is 0.235. The number of rotatable bonds is 5. The number of aryl methyl sites for hydroxylation is 1. The van der Waals surface area contributed by atoms with Gasteiger partial charge in [0.25, 0.3) is 0 Å². The van der Waals surface area contributed by atoms with Crippen molar-refractivity contribution in [3.8, 4) is 28.6 Å². The number of nitrogens with zero attached hydrogens (tertiary/aromatic N) is 5. The van der Waals surface area contributed by atoms with Gasteiger partial charge in [0.2, 0.25) is 5.82 Å². The summed E-state index contributed by atoms with van der Waals surface area (Å²) in [6.45, 7) is 2.33. The number of aromatic amines is 1. The quantitative estimate of drug-likeness (QED) is 0.298. The summed E-state index contributed by atoms with van der Waals surface area (Å²) in [5.41, 5.74) is 2.10. The van der Waals surface area contributed by atoms with Crippen molar-refractivity contribution in [2.75, 3.05) is 13.1 Å². The summed E-state index contributed by atoms with van der Waals surface area (Å²) >= 11 is 1.15. The van der Waals surface area contributed by atoms with Crippen LogP contribution in [0.3, 0.4) is 0 Å². The molecule has 1 fully saturated rings. The highest BCUT2D eigenvalue weighted by atomic mass is 127. The second-order valence-corrected chi connectivity index (χ2v) is 9.87. The first-order valence-corrected chi connectivity index (χ1v) is 12.6. The fourth-order valence-electron chi connectivity index (χ4n) is 3.22. The molecule has 4 rings (SSSR count). The Labute approximate surface area is 199 Å². The summed E-state index contributed by atoms with van der Waals surface area (Å²) in [5, 5.41) is 30.9. The molecule has 2 aromatic heterocycles. The van der Waals surface area contributed by atoms with Crippen LogP contribution in [0.1, 0.15) is 11.3 Å². The molecule has 0 saturated carbocycles. The number of tetrazole rings is 1. The maximum absolute atomic E-state index is 13.1. The summed E-state index contributed by atoms with van der Waals surface area (Å²) in [7, 11) is -5.96. The van der Waals surface area contributed by atoms with E-state index in [-0.39, 0.29) is 26.9 Å². The van der Waals surface area contributed by atoms with Crippen LogP contribution in [-0.4, -0.2) is 60.0 Å². The summed E-state index contributed by atoms with van der Waals surface area (Å²) in [6.07, 6.45) is 1.47.